The van der Waals surface area contributed by atoms with Crippen LogP contribution in [0, 0.1) is 11.3 Å². The SMILES string of the molecule is N#Cc1cccc(CSc2nnc(-c3ccccc3)o2)c1. The van der Waals surface area contributed by atoms with E-state index in [4.69, 9.17) is 9.68 Å². The molecule has 0 aliphatic heterocycles. The lowest BCUT2D eigenvalue weighted by molar-refractivity contribution is 0.466. The van der Waals surface area contributed by atoms with Crippen molar-refractivity contribution in [2.24, 2.45) is 0 Å². The first-order chi connectivity index (χ1) is 10.3. The minimum Gasteiger partial charge on any atom is -0.411 e. The Balaban J connectivity index is 1.69. The summed E-state index contributed by atoms with van der Waals surface area (Å²) in [6, 6.07) is 19.3. The van der Waals surface area contributed by atoms with Gasteiger partial charge in [-0.05, 0) is 29.8 Å². The van der Waals surface area contributed by atoms with E-state index >= 15 is 0 Å². The molecule has 0 radical (unpaired) electrons. The Kier molecular flexibility index (Phi) is 3.99. The molecule has 0 aliphatic carbocycles. The fourth-order valence-electron chi connectivity index (χ4n) is 1.84. The van der Waals surface area contributed by atoms with Crippen molar-refractivity contribution in [1.29, 1.82) is 5.26 Å². The molecule has 0 fully saturated rings. The van der Waals surface area contributed by atoms with Gasteiger partial charge in [-0.2, -0.15) is 5.26 Å². The molecule has 2 aromatic carbocycles. The number of hydrogen-bond acceptors (Lipinski definition) is 5. The van der Waals surface area contributed by atoms with Crippen LogP contribution in [-0.4, -0.2) is 10.2 Å². The van der Waals surface area contributed by atoms with Crippen LogP contribution in [0.3, 0.4) is 0 Å². The molecule has 0 saturated carbocycles. The van der Waals surface area contributed by atoms with Gasteiger partial charge in [0.2, 0.25) is 5.89 Å². The summed E-state index contributed by atoms with van der Waals surface area (Å²) in [5.74, 6) is 1.20. The molecule has 102 valence electrons. The first kappa shape index (κ1) is 13.4. The Morgan fingerprint density at radius 3 is 2.71 bits per heavy atom. The maximum Gasteiger partial charge on any atom is 0.277 e. The van der Waals surface area contributed by atoms with E-state index in [1.807, 2.05) is 48.5 Å². The molecule has 21 heavy (non-hydrogen) atoms. The summed E-state index contributed by atoms with van der Waals surface area (Å²) in [5.41, 5.74) is 2.62. The molecule has 0 bridgehead atoms. The van der Waals surface area contributed by atoms with Crippen molar-refractivity contribution in [1.82, 2.24) is 10.2 Å². The molecule has 1 aromatic heterocycles. The van der Waals surface area contributed by atoms with Crippen molar-refractivity contribution in [3.8, 4) is 17.5 Å². The lowest BCUT2D eigenvalue weighted by atomic mass is 10.2. The van der Waals surface area contributed by atoms with Gasteiger partial charge in [-0.15, -0.1) is 10.2 Å². The van der Waals surface area contributed by atoms with E-state index < -0.39 is 0 Å². The fraction of sp³-hybridized carbons (Fsp3) is 0.0625. The van der Waals surface area contributed by atoms with Crippen molar-refractivity contribution in [3.63, 3.8) is 0 Å². The minimum absolute atomic E-state index is 0.517. The van der Waals surface area contributed by atoms with E-state index in [-0.39, 0.29) is 0 Å². The van der Waals surface area contributed by atoms with Crippen molar-refractivity contribution in [3.05, 3.63) is 65.7 Å². The third-order valence-corrected chi connectivity index (χ3v) is 3.74. The van der Waals surface area contributed by atoms with Crippen LogP contribution in [0.4, 0.5) is 0 Å². The number of hydrogen-bond donors (Lipinski definition) is 0. The summed E-state index contributed by atoms with van der Waals surface area (Å²) < 4.78 is 5.62. The average Bonchev–Trinajstić information content (AvgIpc) is 3.03. The number of thioether (sulfide) groups is 1. The Bertz CT molecular complexity index is 777. The van der Waals surface area contributed by atoms with E-state index in [9.17, 15) is 0 Å². The predicted octanol–water partition coefficient (Wildman–Crippen LogP) is 3.90. The normalized spacial score (nSPS) is 10.2. The van der Waals surface area contributed by atoms with Gasteiger partial charge in [-0.3, -0.25) is 0 Å². The van der Waals surface area contributed by atoms with E-state index in [2.05, 4.69) is 16.3 Å². The Labute approximate surface area is 126 Å². The van der Waals surface area contributed by atoms with Crippen molar-refractivity contribution >= 4 is 11.8 Å². The molecule has 0 unspecified atom stereocenters. The van der Waals surface area contributed by atoms with Gasteiger partial charge in [0.05, 0.1) is 11.6 Å². The molecule has 0 spiro atoms. The molecule has 0 saturated heterocycles. The number of nitrogens with zero attached hydrogens (tertiary/aromatic N) is 3. The first-order valence-corrected chi connectivity index (χ1v) is 7.34. The Hall–Kier alpha value is -2.58. The zero-order valence-corrected chi connectivity index (χ0v) is 11.9. The zero-order chi connectivity index (χ0) is 14.5. The van der Waals surface area contributed by atoms with Gasteiger partial charge < -0.3 is 4.42 Å². The van der Waals surface area contributed by atoms with Gasteiger partial charge in [-0.1, -0.05) is 42.1 Å². The monoisotopic (exact) mass is 293 g/mol. The second kappa shape index (κ2) is 6.25. The molecular formula is C16H11N3OS. The molecule has 0 aliphatic rings. The summed E-state index contributed by atoms with van der Waals surface area (Å²) in [6.07, 6.45) is 0. The van der Waals surface area contributed by atoms with E-state index in [0.717, 1.165) is 11.1 Å². The third kappa shape index (κ3) is 3.30. The quantitative estimate of drug-likeness (QED) is 0.683. The summed E-state index contributed by atoms with van der Waals surface area (Å²) in [4.78, 5) is 0. The second-order valence-electron chi connectivity index (χ2n) is 4.34. The molecule has 1 heterocycles. The van der Waals surface area contributed by atoms with Crippen LogP contribution >= 0.6 is 11.8 Å². The zero-order valence-electron chi connectivity index (χ0n) is 11.1. The largest absolute Gasteiger partial charge is 0.411 e. The van der Waals surface area contributed by atoms with Gasteiger partial charge in [0.1, 0.15) is 0 Å². The standard InChI is InChI=1S/C16H11N3OS/c17-10-12-5-4-6-13(9-12)11-21-16-19-18-15(20-16)14-7-2-1-3-8-14/h1-9H,11H2. The number of benzene rings is 2. The number of aromatic nitrogens is 2. The van der Waals surface area contributed by atoms with Gasteiger partial charge in [0, 0.05) is 11.3 Å². The lowest BCUT2D eigenvalue weighted by Crippen LogP contribution is -1.82. The lowest BCUT2D eigenvalue weighted by Gasteiger charge is -1.98. The molecule has 0 amide bonds. The molecular weight excluding hydrogens is 282 g/mol. The summed E-state index contributed by atoms with van der Waals surface area (Å²) in [5, 5.41) is 17.5. The molecule has 0 N–H and O–H groups in total. The van der Waals surface area contributed by atoms with Gasteiger partial charge in [0.15, 0.2) is 0 Å². The third-order valence-electron chi connectivity index (χ3n) is 2.85. The highest BCUT2D eigenvalue weighted by molar-refractivity contribution is 7.98. The molecule has 0 atom stereocenters. The molecule has 5 heteroatoms. The highest BCUT2D eigenvalue weighted by atomic mass is 32.2. The fourth-order valence-corrected chi connectivity index (χ4v) is 2.55. The highest BCUT2D eigenvalue weighted by Gasteiger charge is 2.08. The summed E-state index contributed by atoms with van der Waals surface area (Å²) in [7, 11) is 0. The smallest absolute Gasteiger partial charge is 0.277 e. The van der Waals surface area contributed by atoms with Crippen LogP contribution in [-0.2, 0) is 5.75 Å². The Morgan fingerprint density at radius 2 is 1.90 bits per heavy atom. The number of rotatable bonds is 4. The van der Waals surface area contributed by atoms with E-state index in [1.54, 1.807) is 6.07 Å². The van der Waals surface area contributed by atoms with Crippen LogP contribution in [0.2, 0.25) is 0 Å². The van der Waals surface area contributed by atoms with Crippen molar-refractivity contribution in [2.75, 3.05) is 0 Å². The first-order valence-electron chi connectivity index (χ1n) is 6.36. The second-order valence-corrected chi connectivity index (χ2v) is 5.27. The topological polar surface area (TPSA) is 62.7 Å². The van der Waals surface area contributed by atoms with Crippen LogP contribution in [0.1, 0.15) is 11.1 Å². The molecule has 3 aromatic rings. The minimum atomic E-state index is 0.517. The Morgan fingerprint density at radius 1 is 1.05 bits per heavy atom. The maximum atomic E-state index is 8.88. The highest BCUT2D eigenvalue weighted by Crippen LogP contribution is 2.25. The molecule has 4 nitrogen and oxygen atoms in total. The van der Waals surface area contributed by atoms with Crippen LogP contribution < -0.4 is 0 Å². The van der Waals surface area contributed by atoms with Crippen LogP contribution in [0.25, 0.3) is 11.5 Å². The van der Waals surface area contributed by atoms with Crippen molar-refractivity contribution < 1.29 is 4.42 Å². The predicted molar refractivity (Wildman–Crippen MR) is 80.5 cm³/mol. The summed E-state index contributed by atoms with van der Waals surface area (Å²) in [6.45, 7) is 0. The van der Waals surface area contributed by atoms with Crippen LogP contribution in [0.5, 0.6) is 0 Å². The van der Waals surface area contributed by atoms with E-state index in [1.165, 1.54) is 11.8 Å². The van der Waals surface area contributed by atoms with E-state index in [0.29, 0.717) is 22.4 Å². The number of nitriles is 1. The van der Waals surface area contributed by atoms with Gasteiger partial charge in [-0.25, -0.2) is 0 Å². The molecule has 3 rings (SSSR count). The van der Waals surface area contributed by atoms with Gasteiger partial charge >= 0.3 is 0 Å². The van der Waals surface area contributed by atoms with Gasteiger partial charge in [0.25, 0.3) is 5.22 Å². The van der Waals surface area contributed by atoms with Crippen LogP contribution in [0.15, 0.2) is 64.2 Å². The maximum absolute atomic E-state index is 8.88. The average molecular weight is 293 g/mol. The summed E-state index contributed by atoms with van der Waals surface area (Å²) >= 11 is 1.46. The van der Waals surface area contributed by atoms with Crippen molar-refractivity contribution in [2.45, 2.75) is 11.0 Å².